The van der Waals surface area contributed by atoms with Crippen LogP contribution in [0.5, 0.6) is 0 Å². The number of benzene rings is 2. The van der Waals surface area contributed by atoms with E-state index in [2.05, 4.69) is 66.7 Å². The van der Waals surface area contributed by atoms with Crippen molar-refractivity contribution in [3.8, 4) is 0 Å². The van der Waals surface area contributed by atoms with Crippen LogP contribution in [0.3, 0.4) is 0 Å². The second-order valence-electron chi connectivity index (χ2n) is 4.87. The highest BCUT2D eigenvalue weighted by atomic mass is 32.2. The fraction of sp³-hybridized carbons (Fsp3) is 0.167. The molecule has 1 aliphatic rings. The highest BCUT2D eigenvalue weighted by Gasteiger charge is 2.16. The molecule has 100 valence electrons. The number of rotatable bonds is 4. The first-order valence-electron chi connectivity index (χ1n) is 6.88. The average molecular weight is 279 g/mol. The Bertz CT molecular complexity index is 602. The van der Waals surface area contributed by atoms with E-state index >= 15 is 0 Å². The van der Waals surface area contributed by atoms with Crippen molar-refractivity contribution < 1.29 is 0 Å². The molecular weight excluding hydrogens is 262 g/mol. The van der Waals surface area contributed by atoms with Crippen molar-refractivity contribution in [2.24, 2.45) is 4.99 Å². The van der Waals surface area contributed by atoms with Gasteiger partial charge in [0.05, 0.1) is 11.1 Å². The van der Waals surface area contributed by atoms with E-state index in [9.17, 15) is 0 Å². The molecule has 1 unspecified atom stereocenters. The fourth-order valence-electron chi connectivity index (χ4n) is 2.25. The van der Waals surface area contributed by atoms with Gasteiger partial charge >= 0.3 is 0 Å². The molecular formula is C18H17NS. The lowest BCUT2D eigenvalue weighted by atomic mass is 10.1. The molecule has 0 bridgehead atoms. The Morgan fingerprint density at radius 1 is 0.950 bits per heavy atom. The summed E-state index contributed by atoms with van der Waals surface area (Å²) in [5, 5.41) is 1.15. The molecule has 3 rings (SSSR count). The molecule has 2 aromatic carbocycles. The van der Waals surface area contributed by atoms with Gasteiger partial charge in [0, 0.05) is 5.75 Å². The zero-order valence-corrected chi connectivity index (χ0v) is 12.1. The van der Waals surface area contributed by atoms with E-state index in [1.54, 1.807) is 0 Å². The lowest BCUT2D eigenvalue weighted by Gasteiger charge is -2.04. The summed E-state index contributed by atoms with van der Waals surface area (Å²) in [6.07, 6.45) is 5.30. The van der Waals surface area contributed by atoms with Crippen molar-refractivity contribution in [1.29, 1.82) is 0 Å². The zero-order chi connectivity index (χ0) is 13.6. The van der Waals surface area contributed by atoms with Crippen LogP contribution in [0.25, 0.3) is 6.08 Å². The van der Waals surface area contributed by atoms with Crippen molar-refractivity contribution in [2.45, 2.75) is 12.5 Å². The lowest BCUT2D eigenvalue weighted by molar-refractivity contribution is 0.763. The molecule has 2 heteroatoms. The number of nitrogens with zero attached hydrogens (tertiary/aromatic N) is 1. The van der Waals surface area contributed by atoms with E-state index in [0.29, 0.717) is 6.04 Å². The number of hydrogen-bond donors (Lipinski definition) is 0. The highest BCUT2D eigenvalue weighted by molar-refractivity contribution is 8.14. The normalized spacial score (nSPS) is 18.4. The molecule has 1 nitrogen and oxygen atoms in total. The molecule has 0 aliphatic carbocycles. The Balaban J connectivity index is 1.62. The molecule has 0 saturated carbocycles. The minimum absolute atomic E-state index is 0.415. The van der Waals surface area contributed by atoms with Crippen LogP contribution in [-0.2, 0) is 6.42 Å². The molecule has 1 atom stereocenters. The Kier molecular flexibility index (Phi) is 4.34. The molecule has 0 aromatic heterocycles. The summed E-state index contributed by atoms with van der Waals surface area (Å²) in [4.78, 5) is 4.79. The Hall–Kier alpha value is -1.80. The van der Waals surface area contributed by atoms with Crippen LogP contribution in [-0.4, -0.2) is 16.8 Å². The van der Waals surface area contributed by atoms with Crippen LogP contribution >= 0.6 is 11.8 Å². The van der Waals surface area contributed by atoms with E-state index in [0.717, 1.165) is 17.2 Å². The third kappa shape index (κ3) is 3.61. The predicted molar refractivity (Wildman–Crippen MR) is 89.3 cm³/mol. The predicted octanol–water partition coefficient (Wildman–Crippen LogP) is 4.46. The van der Waals surface area contributed by atoms with Gasteiger partial charge in [0.1, 0.15) is 0 Å². The van der Waals surface area contributed by atoms with Crippen LogP contribution in [0.4, 0.5) is 0 Å². The first-order valence-corrected chi connectivity index (χ1v) is 7.86. The standard InChI is InChI=1S/C18H17NS/c1-3-7-15(8-4-1)11-12-18-19-17(14-20-18)13-16-9-5-2-6-10-16/h1-12,17H,13-14H2/b12-11+. The molecule has 0 spiro atoms. The number of aliphatic imine (C=N–C) groups is 1. The maximum atomic E-state index is 4.79. The molecule has 0 N–H and O–H groups in total. The van der Waals surface area contributed by atoms with E-state index in [1.807, 2.05) is 17.8 Å². The van der Waals surface area contributed by atoms with Gasteiger partial charge in [0.25, 0.3) is 0 Å². The van der Waals surface area contributed by atoms with Crippen molar-refractivity contribution in [3.05, 3.63) is 77.9 Å². The van der Waals surface area contributed by atoms with Crippen molar-refractivity contribution in [3.63, 3.8) is 0 Å². The largest absolute Gasteiger partial charge is 0.274 e. The van der Waals surface area contributed by atoms with Gasteiger partial charge in [-0.2, -0.15) is 0 Å². The van der Waals surface area contributed by atoms with Gasteiger partial charge in [-0.15, -0.1) is 11.8 Å². The second-order valence-corrected chi connectivity index (χ2v) is 5.91. The lowest BCUT2D eigenvalue weighted by Crippen LogP contribution is -2.07. The molecule has 0 fully saturated rings. The van der Waals surface area contributed by atoms with Crippen molar-refractivity contribution in [1.82, 2.24) is 0 Å². The first-order chi connectivity index (χ1) is 9.90. The number of thioether (sulfide) groups is 1. The summed E-state index contributed by atoms with van der Waals surface area (Å²) in [6, 6.07) is 21.4. The molecule has 0 amide bonds. The topological polar surface area (TPSA) is 12.4 Å². The van der Waals surface area contributed by atoms with Gasteiger partial charge in [-0.3, -0.25) is 4.99 Å². The minimum Gasteiger partial charge on any atom is -0.274 e. The molecule has 1 aliphatic heterocycles. The molecule has 0 saturated heterocycles. The summed E-state index contributed by atoms with van der Waals surface area (Å²) >= 11 is 1.85. The third-order valence-corrected chi connectivity index (χ3v) is 4.35. The molecule has 2 aromatic rings. The van der Waals surface area contributed by atoms with Gasteiger partial charge in [-0.1, -0.05) is 66.7 Å². The van der Waals surface area contributed by atoms with Gasteiger partial charge < -0.3 is 0 Å². The van der Waals surface area contributed by atoms with Crippen LogP contribution in [0.15, 0.2) is 71.7 Å². The van der Waals surface area contributed by atoms with E-state index in [4.69, 9.17) is 4.99 Å². The second kappa shape index (κ2) is 6.58. The van der Waals surface area contributed by atoms with Crippen LogP contribution < -0.4 is 0 Å². The Labute approximate surface area is 124 Å². The van der Waals surface area contributed by atoms with Gasteiger partial charge in [-0.25, -0.2) is 0 Å². The van der Waals surface area contributed by atoms with Gasteiger partial charge in [0.15, 0.2) is 0 Å². The van der Waals surface area contributed by atoms with Crippen LogP contribution in [0, 0.1) is 0 Å². The molecule has 20 heavy (non-hydrogen) atoms. The summed E-state index contributed by atoms with van der Waals surface area (Å²) in [5.41, 5.74) is 2.59. The summed E-state index contributed by atoms with van der Waals surface area (Å²) in [7, 11) is 0. The van der Waals surface area contributed by atoms with Crippen LogP contribution in [0.1, 0.15) is 11.1 Å². The monoisotopic (exact) mass is 279 g/mol. The molecule has 1 heterocycles. The zero-order valence-electron chi connectivity index (χ0n) is 11.3. The third-order valence-electron chi connectivity index (χ3n) is 3.27. The van der Waals surface area contributed by atoms with E-state index in [-0.39, 0.29) is 0 Å². The molecule has 0 radical (unpaired) electrons. The van der Waals surface area contributed by atoms with Gasteiger partial charge in [-0.05, 0) is 23.6 Å². The summed E-state index contributed by atoms with van der Waals surface area (Å²) in [6.45, 7) is 0. The summed E-state index contributed by atoms with van der Waals surface area (Å²) in [5.74, 6) is 1.09. The Morgan fingerprint density at radius 2 is 1.65 bits per heavy atom. The van der Waals surface area contributed by atoms with E-state index < -0.39 is 0 Å². The van der Waals surface area contributed by atoms with Crippen LogP contribution in [0.2, 0.25) is 0 Å². The fourth-order valence-corrected chi connectivity index (χ4v) is 3.19. The number of hydrogen-bond acceptors (Lipinski definition) is 2. The van der Waals surface area contributed by atoms with Crippen molar-refractivity contribution >= 4 is 22.9 Å². The van der Waals surface area contributed by atoms with E-state index in [1.165, 1.54) is 11.1 Å². The highest BCUT2D eigenvalue weighted by Crippen LogP contribution is 2.22. The smallest absolute Gasteiger partial charge is 0.0909 e. The Morgan fingerprint density at radius 3 is 2.40 bits per heavy atom. The van der Waals surface area contributed by atoms with Gasteiger partial charge in [0.2, 0.25) is 0 Å². The first kappa shape index (κ1) is 13.2. The maximum Gasteiger partial charge on any atom is 0.0909 e. The SMILES string of the molecule is C(=C\c1ccccc1)/C1=NC(Cc2ccccc2)CS1. The summed E-state index contributed by atoms with van der Waals surface area (Å²) < 4.78 is 0. The van der Waals surface area contributed by atoms with Crippen molar-refractivity contribution in [2.75, 3.05) is 5.75 Å². The maximum absolute atomic E-state index is 4.79. The average Bonchev–Trinajstić information content (AvgIpc) is 2.95. The minimum atomic E-state index is 0.415. The quantitative estimate of drug-likeness (QED) is 0.805.